The summed E-state index contributed by atoms with van der Waals surface area (Å²) in [5.41, 5.74) is 2.34. The highest BCUT2D eigenvalue weighted by Crippen LogP contribution is 2.37. The molecular weight excluding hydrogens is 254 g/mol. The summed E-state index contributed by atoms with van der Waals surface area (Å²) in [7, 11) is 0. The van der Waals surface area contributed by atoms with E-state index in [9.17, 15) is 8.78 Å². The van der Waals surface area contributed by atoms with Gasteiger partial charge in [-0.2, -0.15) is 8.78 Å². The maximum Gasteiger partial charge on any atom is 0.266 e. The number of rotatable bonds is 5. The van der Waals surface area contributed by atoms with E-state index in [4.69, 9.17) is 0 Å². The Bertz CT molecular complexity index is 421. The molecule has 2 rings (SSSR count). The summed E-state index contributed by atoms with van der Waals surface area (Å²) in [5, 5.41) is 0. The highest BCUT2D eigenvalue weighted by molar-refractivity contribution is 5.27. The summed E-state index contributed by atoms with van der Waals surface area (Å²) in [5.74, 6) is 1.60. The van der Waals surface area contributed by atoms with Crippen LogP contribution >= 0.6 is 0 Å². The zero-order chi connectivity index (χ0) is 14.4. The molecule has 0 radical (unpaired) electrons. The molecule has 1 aromatic carbocycles. The van der Waals surface area contributed by atoms with Crippen molar-refractivity contribution < 1.29 is 8.78 Å². The van der Waals surface area contributed by atoms with Crippen LogP contribution in [0, 0.1) is 5.92 Å². The molecule has 110 valence electrons. The number of benzene rings is 1. The molecule has 1 aliphatic carbocycles. The molecule has 0 aliphatic heterocycles. The van der Waals surface area contributed by atoms with Gasteiger partial charge in [-0.25, -0.2) is 0 Å². The van der Waals surface area contributed by atoms with Gasteiger partial charge in [-0.15, -0.1) is 0 Å². The van der Waals surface area contributed by atoms with E-state index in [-0.39, 0.29) is 0 Å². The maximum atomic E-state index is 12.1. The number of allylic oxidation sites excluding steroid dienone is 1. The van der Waals surface area contributed by atoms with E-state index in [1.54, 1.807) is 0 Å². The van der Waals surface area contributed by atoms with E-state index in [0.29, 0.717) is 12.3 Å². The number of hydrogen-bond donors (Lipinski definition) is 0. The van der Waals surface area contributed by atoms with E-state index in [0.717, 1.165) is 17.6 Å². The van der Waals surface area contributed by atoms with Crippen molar-refractivity contribution in [3.63, 3.8) is 0 Å². The van der Waals surface area contributed by atoms with Gasteiger partial charge >= 0.3 is 0 Å². The average Bonchev–Trinajstić information content (AvgIpc) is 2.47. The minimum atomic E-state index is -1.59. The predicted octanol–water partition coefficient (Wildman–Crippen LogP) is 6.08. The molecule has 0 saturated heterocycles. The smallest absolute Gasteiger partial charge is 0.174 e. The third-order valence-corrected chi connectivity index (χ3v) is 4.49. The maximum absolute atomic E-state index is 12.1. The van der Waals surface area contributed by atoms with Crippen LogP contribution in [0.3, 0.4) is 0 Å². The van der Waals surface area contributed by atoms with Crippen LogP contribution < -0.4 is 0 Å². The van der Waals surface area contributed by atoms with Crippen LogP contribution in [0.1, 0.15) is 62.5 Å². The Morgan fingerprint density at radius 3 is 2.30 bits per heavy atom. The molecule has 0 N–H and O–H groups in total. The quantitative estimate of drug-likeness (QED) is 0.612. The van der Waals surface area contributed by atoms with E-state index >= 15 is 0 Å². The third-order valence-electron chi connectivity index (χ3n) is 4.49. The molecule has 0 nitrogen and oxygen atoms in total. The van der Waals surface area contributed by atoms with Gasteiger partial charge in [0, 0.05) is 0 Å². The van der Waals surface area contributed by atoms with Crippen molar-refractivity contribution in [2.75, 3.05) is 0 Å². The van der Waals surface area contributed by atoms with Gasteiger partial charge in [0.15, 0.2) is 0 Å². The highest BCUT2D eigenvalue weighted by atomic mass is 19.3. The van der Waals surface area contributed by atoms with Gasteiger partial charge in [0.25, 0.3) is 6.08 Å². The van der Waals surface area contributed by atoms with Gasteiger partial charge in [0.2, 0.25) is 0 Å². The van der Waals surface area contributed by atoms with Crippen LogP contribution in [-0.4, -0.2) is 0 Å². The molecule has 0 bridgehead atoms. The standard InChI is InChI=1S/C18H24F2/c1-2-3-14-4-9-16(10-5-14)17-11-6-15(7-12-17)8-13-18(19)20/h6-7,11-14,16H,2-5,8-10H2,1H3/t14-,16-. The SMILES string of the molecule is CCC[C@H]1CC[C@H](c2ccc(CC=C(F)F)cc2)CC1. The fourth-order valence-corrected chi connectivity index (χ4v) is 3.31. The van der Waals surface area contributed by atoms with Crippen LogP contribution in [0.4, 0.5) is 8.78 Å². The minimum Gasteiger partial charge on any atom is -0.174 e. The van der Waals surface area contributed by atoms with E-state index in [1.807, 2.05) is 12.1 Å². The first-order valence-electron chi connectivity index (χ1n) is 7.79. The fourth-order valence-electron chi connectivity index (χ4n) is 3.31. The Kier molecular flexibility index (Phi) is 5.75. The zero-order valence-corrected chi connectivity index (χ0v) is 12.2. The van der Waals surface area contributed by atoms with Crippen LogP contribution in [0.15, 0.2) is 36.4 Å². The molecule has 0 unspecified atom stereocenters. The zero-order valence-electron chi connectivity index (χ0n) is 12.2. The van der Waals surface area contributed by atoms with Crippen LogP contribution in [0.5, 0.6) is 0 Å². The Hall–Kier alpha value is -1.18. The third kappa shape index (κ3) is 4.43. The monoisotopic (exact) mass is 278 g/mol. The summed E-state index contributed by atoms with van der Waals surface area (Å²) in [6.07, 6.45) is 7.62. The highest BCUT2D eigenvalue weighted by Gasteiger charge is 2.21. The minimum absolute atomic E-state index is 0.325. The Morgan fingerprint density at radius 2 is 1.75 bits per heavy atom. The fraction of sp³-hybridized carbons (Fsp3) is 0.556. The second kappa shape index (κ2) is 7.56. The van der Waals surface area contributed by atoms with Crippen LogP contribution in [0.2, 0.25) is 0 Å². The molecule has 2 heteroatoms. The molecule has 1 saturated carbocycles. The van der Waals surface area contributed by atoms with E-state index in [2.05, 4.69) is 19.1 Å². The van der Waals surface area contributed by atoms with Crippen molar-refractivity contribution >= 4 is 0 Å². The van der Waals surface area contributed by atoms with E-state index < -0.39 is 6.08 Å². The first kappa shape index (κ1) is 15.2. The Morgan fingerprint density at radius 1 is 1.10 bits per heavy atom. The molecule has 1 aliphatic rings. The van der Waals surface area contributed by atoms with Crippen LogP contribution in [0.25, 0.3) is 0 Å². The van der Waals surface area contributed by atoms with Gasteiger partial charge < -0.3 is 0 Å². The summed E-state index contributed by atoms with van der Waals surface area (Å²) in [6.45, 7) is 2.26. The topological polar surface area (TPSA) is 0 Å². The van der Waals surface area contributed by atoms with Crippen molar-refractivity contribution in [1.29, 1.82) is 0 Å². The first-order chi connectivity index (χ1) is 9.69. The van der Waals surface area contributed by atoms with Crippen molar-refractivity contribution in [2.45, 2.75) is 57.8 Å². The molecule has 20 heavy (non-hydrogen) atoms. The van der Waals surface area contributed by atoms with Crippen molar-refractivity contribution in [1.82, 2.24) is 0 Å². The lowest BCUT2D eigenvalue weighted by Gasteiger charge is -2.28. The number of halogens is 2. The summed E-state index contributed by atoms with van der Waals surface area (Å²) >= 11 is 0. The summed E-state index contributed by atoms with van der Waals surface area (Å²) in [6, 6.07) is 8.24. The van der Waals surface area contributed by atoms with E-state index in [1.165, 1.54) is 44.1 Å². The lowest BCUT2D eigenvalue weighted by atomic mass is 9.77. The van der Waals surface area contributed by atoms with Gasteiger partial charge in [-0.3, -0.25) is 0 Å². The van der Waals surface area contributed by atoms with Gasteiger partial charge in [-0.1, -0.05) is 44.0 Å². The second-order valence-electron chi connectivity index (χ2n) is 5.95. The summed E-state index contributed by atoms with van der Waals surface area (Å²) in [4.78, 5) is 0. The molecule has 0 spiro atoms. The first-order valence-corrected chi connectivity index (χ1v) is 7.79. The molecule has 0 amide bonds. The van der Waals surface area contributed by atoms with Crippen LogP contribution in [-0.2, 0) is 6.42 Å². The van der Waals surface area contributed by atoms with Gasteiger partial charge in [0.1, 0.15) is 0 Å². The Labute approximate surface area is 120 Å². The van der Waals surface area contributed by atoms with Crippen molar-refractivity contribution in [3.05, 3.63) is 47.5 Å². The second-order valence-corrected chi connectivity index (χ2v) is 5.95. The molecule has 0 heterocycles. The lowest BCUT2D eigenvalue weighted by Crippen LogP contribution is -2.13. The van der Waals surface area contributed by atoms with Gasteiger partial charge in [-0.05, 0) is 61.1 Å². The largest absolute Gasteiger partial charge is 0.266 e. The van der Waals surface area contributed by atoms with Gasteiger partial charge in [0.05, 0.1) is 0 Å². The van der Waals surface area contributed by atoms with Crippen molar-refractivity contribution in [2.24, 2.45) is 5.92 Å². The normalized spacial score (nSPS) is 22.6. The lowest BCUT2D eigenvalue weighted by molar-refractivity contribution is 0.308. The molecule has 0 aromatic heterocycles. The Balaban J connectivity index is 1.89. The van der Waals surface area contributed by atoms with Crippen molar-refractivity contribution in [3.8, 4) is 0 Å². The average molecular weight is 278 g/mol. The number of hydrogen-bond acceptors (Lipinski definition) is 0. The molecular formula is C18H24F2. The molecule has 1 aromatic rings. The summed E-state index contributed by atoms with van der Waals surface area (Å²) < 4.78 is 24.1. The predicted molar refractivity (Wildman–Crippen MR) is 80.1 cm³/mol. The molecule has 1 fully saturated rings. The molecule has 0 atom stereocenters.